The van der Waals surface area contributed by atoms with Gasteiger partial charge in [0, 0.05) is 17.4 Å². The van der Waals surface area contributed by atoms with Crippen LogP contribution in [0.1, 0.15) is 12.0 Å². The highest BCUT2D eigenvalue weighted by atomic mass is 79.9. The summed E-state index contributed by atoms with van der Waals surface area (Å²) < 4.78 is 30.5. The molecule has 6 heteroatoms. The van der Waals surface area contributed by atoms with Crippen molar-refractivity contribution in [3.63, 3.8) is 0 Å². The van der Waals surface area contributed by atoms with Gasteiger partial charge in [0.25, 0.3) is 6.43 Å². The maximum Gasteiger partial charge on any atom is 0.256 e. The maximum atomic E-state index is 12.5. The number of carbonyl (C=O) groups excluding carboxylic acids is 1. The lowest BCUT2D eigenvalue weighted by molar-refractivity contribution is -0.119. The number of benzene rings is 1. The minimum Gasteiger partial charge on any atom is -0.493 e. The van der Waals surface area contributed by atoms with Crippen molar-refractivity contribution in [1.82, 2.24) is 0 Å². The van der Waals surface area contributed by atoms with E-state index in [9.17, 15) is 13.6 Å². The van der Waals surface area contributed by atoms with Crippen LogP contribution < -0.4 is 9.64 Å². The average Bonchev–Trinajstić information content (AvgIpc) is 2.39. The molecule has 1 amide bonds. The first kappa shape index (κ1) is 14.2. The summed E-state index contributed by atoms with van der Waals surface area (Å²) in [6, 6.07) is 5.21. The van der Waals surface area contributed by atoms with Crippen LogP contribution in [0.3, 0.4) is 0 Å². The van der Waals surface area contributed by atoms with Crippen molar-refractivity contribution < 1.29 is 18.3 Å². The van der Waals surface area contributed by atoms with E-state index in [0.29, 0.717) is 24.5 Å². The first-order valence-electron chi connectivity index (χ1n) is 6.02. The van der Waals surface area contributed by atoms with Crippen molar-refractivity contribution in [2.75, 3.05) is 23.4 Å². The normalized spacial score (nSPS) is 14.7. The number of rotatable bonds is 5. The smallest absolute Gasteiger partial charge is 0.256 e. The first-order valence-corrected chi connectivity index (χ1v) is 7.14. The monoisotopic (exact) mass is 333 g/mol. The van der Waals surface area contributed by atoms with Crippen LogP contribution in [-0.2, 0) is 11.2 Å². The molecule has 1 aliphatic rings. The van der Waals surface area contributed by atoms with Gasteiger partial charge >= 0.3 is 0 Å². The zero-order valence-corrected chi connectivity index (χ0v) is 11.8. The van der Waals surface area contributed by atoms with Crippen molar-refractivity contribution in [3.05, 3.63) is 23.8 Å². The largest absolute Gasteiger partial charge is 0.493 e. The molecule has 1 aliphatic heterocycles. The van der Waals surface area contributed by atoms with Crippen molar-refractivity contribution in [3.8, 4) is 5.75 Å². The lowest BCUT2D eigenvalue weighted by atomic mass is 10.0. The number of anilines is 1. The van der Waals surface area contributed by atoms with Crippen LogP contribution in [0.4, 0.5) is 14.5 Å². The zero-order chi connectivity index (χ0) is 13.8. The SMILES string of the molecule is O=C1CCc2cc(OCCBr)ccc2N1CC(F)F. The van der Waals surface area contributed by atoms with Crippen LogP contribution in [-0.4, -0.2) is 30.8 Å². The summed E-state index contributed by atoms with van der Waals surface area (Å²) in [5, 5.41) is 0.722. The Bertz CT molecular complexity index is 468. The summed E-state index contributed by atoms with van der Waals surface area (Å²) in [6.07, 6.45) is -1.69. The molecule has 3 nitrogen and oxygen atoms in total. The molecular formula is C13H14BrF2NO2. The Kier molecular flexibility index (Phi) is 4.74. The summed E-state index contributed by atoms with van der Waals surface area (Å²) >= 11 is 3.27. The van der Waals surface area contributed by atoms with Gasteiger partial charge in [0.1, 0.15) is 5.75 Å². The standard InChI is InChI=1S/C13H14BrF2NO2/c14-5-6-19-10-2-3-11-9(7-10)1-4-13(18)17(11)8-12(15)16/h2-3,7,12H,1,4-6,8H2. The van der Waals surface area contributed by atoms with Gasteiger partial charge < -0.3 is 9.64 Å². The van der Waals surface area contributed by atoms with Gasteiger partial charge in [0.05, 0.1) is 13.2 Å². The molecule has 0 unspecified atom stereocenters. The maximum absolute atomic E-state index is 12.5. The average molecular weight is 334 g/mol. The van der Waals surface area contributed by atoms with Crippen molar-refractivity contribution in [1.29, 1.82) is 0 Å². The fourth-order valence-electron chi connectivity index (χ4n) is 2.12. The van der Waals surface area contributed by atoms with E-state index in [-0.39, 0.29) is 12.3 Å². The summed E-state index contributed by atoms with van der Waals surface area (Å²) in [5.74, 6) is 0.450. The highest BCUT2D eigenvalue weighted by Gasteiger charge is 2.26. The van der Waals surface area contributed by atoms with Crippen LogP contribution in [0.25, 0.3) is 0 Å². The molecule has 104 valence electrons. The third-order valence-electron chi connectivity index (χ3n) is 2.92. The molecule has 0 saturated heterocycles. The number of hydrogen-bond acceptors (Lipinski definition) is 2. The highest BCUT2D eigenvalue weighted by Crippen LogP contribution is 2.31. The molecule has 0 radical (unpaired) electrons. The second-order valence-electron chi connectivity index (χ2n) is 4.22. The predicted octanol–water partition coefficient (Wildman–Crippen LogP) is 3.00. The summed E-state index contributed by atoms with van der Waals surface area (Å²) in [7, 11) is 0. The summed E-state index contributed by atoms with van der Waals surface area (Å²) in [5.41, 5.74) is 1.45. The number of carbonyl (C=O) groups is 1. The second-order valence-corrected chi connectivity index (χ2v) is 5.02. The molecule has 0 aliphatic carbocycles. The van der Waals surface area contributed by atoms with Gasteiger partial charge in [-0.25, -0.2) is 8.78 Å². The van der Waals surface area contributed by atoms with Gasteiger partial charge in [-0.2, -0.15) is 0 Å². The Morgan fingerprint density at radius 1 is 1.37 bits per heavy atom. The molecule has 0 bridgehead atoms. The summed E-state index contributed by atoms with van der Waals surface area (Å²) in [4.78, 5) is 12.9. The van der Waals surface area contributed by atoms with E-state index in [1.54, 1.807) is 12.1 Å². The van der Waals surface area contributed by atoms with Crippen LogP contribution >= 0.6 is 15.9 Å². The number of nitrogens with zero attached hydrogens (tertiary/aromatic N) is 1. The van der Waals surface area contributed by atoms with Crippen LogP contribution in [0.15, 0.2) is 18.2 Å². The van der Waals surface area contributed by atoms with Gasteiger partial charge in [0.15, 0.2) is 0 Å². The second kappa shape index (κ2) is 6.32. The Morgan fingerprint density at radius 3 is 2.84 bits per heavy atom. The van der Waals surface area contributed by atoms with E-state index in [4.69, 9.17) is 4.74 Å². The topological polar surface area (TPSA) is 29.5 Å². The van der Waals surface area contributed by atoms with Crippen LogP contribution in [0.5, 0.6) is 5.75 Å². The van der Waals surface area contributed by atoms with Crippen LogP contribution in [0, 0.1) is 0 Å². The molecule has 0 atom stereocenters. The van der Waals surface area contributed by atoms with Crippen molar-refractivity contribution in [2.45, 2.75) is 19.3 Å². The third-order valence-corrected chi connectivity index (χ3v) is 3.24. The number of halogens is 3. The molecular weight excluding hydrogens is 320 g/mol. The van der Waals surface area contributed by atoms with E-state index in [2.05, 4.69) is 15.9 Å². The highest BCUT2D eigenvalue weighted by molar-refractivity contribution is 9.09. The number of hydrogen-bond donors (Lipinski definition) is 0. The molecule has 0 fully saturated rings. The Balaban J connectivity index is 2.22. The molecule has 19 heavy (non-hydrogen) atoms. The Labute approximate surface area is 118 Å². The lowest BCUT2D eigenvalue weighted by Crippen LogP contribution is -2.38. The minimum absolute atomic E-state index is 0.248. The van der Waals surface area contributed by atoms with Crippen molar-refractivity contribution in [2.24, 2.45) is 0 Å². The third kappa shape index (κ3) is 3.43. The predicted molar refractivity (Wildman–Crippen MR) is 72.4 cm³/mol. The first-order chi connectivity index (χ1) is 9.11. The van der Waals surface area contributed by atoms with Gasteiger partial charge in [0.2, 0.25) is 5.91 Å². The van der Waals surface area contributed by atoms with E-state index < -0.39 is 13.0 Å². The molecule has 0 aromatic heterocycles. The number of fused-ring (bicyclic) bond motifs is 1. The fourth-order valence-corrected chi connectivity index (χ4v) is 2.28. The quantitative estimate of drug-likeness (QED) is 0.775. The van der Waals surface area contributed by atoms with Gasteiger partial charge in [-0.3, -0.25) is 4.79 Å². The number of ether oxygens (including phenoxy) is 1. The Morgan fingerprint density at radius 2 is 2.16 bits per heavy atom. The minimum atomic E-state index is -2.53. The number of amides is 1. The van der Waals surface area contributed by atoms with E-state index in [0.717, 1.165) is 15.8 Å². The molecule has 2 rings (SSSR count). The van der Waals surface area contributed by atoms with Gasteiger partial charge in [-0.1, -0.05) is 15.9 Å². The van der Waals surface area contributed by atoms with E-state index in [1.165, 1.54) is 0 Å². The lowest BCUT2D eigenvalue weighted by Gasteiger charge is -2.29. The molecule has 1 heterocycles. The van der Waals surface area contributed by atoms with E-state index >= 15 is 0 Å². The molecule has 1 aromatic carbocycles. The molecule has 0 saturated carbocycles. The molecule has 0 spiro atoms. The van der Waals surface area contributed by atoms with Gasteiger partial charge in [-0.15, -0.1) is 0 Å². The summed E-state index contributed by atoms with van der Waals surface area (Å²) in [6.45, 7) is -0.00803. The van der Waals surface area contributed by atoms with E-state index in [1.807, 2.05) is 6.07 Å². The van der Waals surface area contributed by atoms with Gasteiger partial charge in [-0.05, 0) is 30.2 Å². The van der Waals surface area contributed by atoms with Crippen molar-refractivity contribution >= 4 is 27.5 Å². The number of aryl methyl sites for hydroxylation is 1. The zero-order valence-electron chi connectivity index (χ0n) is 10.2. The molecule has 1 aromatic rings. The molecule has 0 N–H and O–H groups in total. The fraction of sp³-hybridized carbons (Fsp3) is 0.462. The number of alkyl halides is 3. The van der Waals surface area contributed by atoms with Crippen LogP contribution in [0.2, 0.25) is 0 Å². The Hall–Kier alpha value is -1.17.